The maximum absolute atomic E-state index is 2.39. The molecule has 0 spiro atoms. The van der Waals surface area contributed by atoms with Crippen LogP contribution in [0.1, 0.15) is 72.6 Å². The van der Waals surface area contributed by atoms with E-state index in [1.807, 2.05) is 0 Å². The molecule has 0 heterocycles. The Morgan fingerprint density at radius 1 is 0.391 bits per heavy atom. The summed E-state index contributed by atoms with van der Waals surface area (Å²) >= 11 is 0. The maximum atomic E-state index is 2.39. The minimum absolute atomic E-state index is 0. The van der Waals surface area contributed by atoms with Crippen LogP contribution in [0, 0.1) is 0 Å². The Balaban J connectivity index is -0.0000000536. The third-order valence-corrected chi connectivity index (χ3v) is 8.85. The summed E-state index contributed by atoms with van der Waals surface area (Å²) in [7, 11) is -0.546. The number of hydrogen-bond acceptors (Lipinski definition) is 0. The summed E-state index contributed by atoms with van der Waals surface area (Å²) in [5.74, 6) is 0. The van der Waals surface area contributed by atoms with E-state index >= 15 is 0 Å². The van der Waals surface area contributed by atoms with Crippen molar-refractivity contribution in [1.29, 1.82) is 0 Å². The Bertz CT molecular complexity index is 141. The molecule has 0 bridgehead atoms. The highest BCUT2D eigenvalue weighted by molar-refractivity contribution is 7.75. The number of unbranched alkanes of at least 4 members (excludes halogenated alkanes) is 3. The van der Waals surface area contributed by atoms with Crippen LogP contribution in [-0.4, -0.2) is 24.6 Å². The van der Waals surface area contributed by atoms with Gasteiger partial charge in [-0.3, -0.25) is 0 Å². The van der Waals surface area contributed by atoms with Gasteiger partial charge in [0.1, 0.15) is 0 Å². The topological polar surface area (TPSA) is 0 Å². The predicted molar refractivity (Wildman–Crippen MR) is 132 cm³/mol. The van der Waals surface area contributed by atoms with Gasteiger partial charge in [0.2, 0.25) is 0 Å². The van der Waals surface area contributed by atoms with Crippen LogP contribution >= 0.6 is 94.1 Å². The summed E-state index contributed by atoms with van der Waals surface area (Å²) in [5.41, 5.74) is 0. The monoisotopic (exact) mass is 497 g/mol. The molecule has 0 aliphatic carbocycles. The van der Waals surface area contributed by atoms with Crippen LogP contribution in [0.2, 0.25) is 0 Å². The van der Waals surface area contributed by atoms with E-state index in [0.29, 0.717) is 0 Å². The minimum atomic E-state index is -0.546. The summed E-state index contributed by atoms with van der Waals surface area (Å²) in [6, 6.07) is 0. The van der Waals surface area contributed by atoms with E-state index < -0.39 is 7.26 Å². The van der Waals surface area contributed by atoms with Crippen molar-refractivity contribution in [3.63, 3.8) is 0 Å². The van der Waals surface area contributed by atoms with Crippen molar-refractivity contribution in [1.82, 2.24) is 0 Å². The van der Waals surface area contributed by atoms with Crippen LogP contribution in [0.4, 0.5) is 0 Å². The molecule has 0 rings (SSSR count). The Kier molecular flexibility index (Phi) is 77.2. The SMILES string of the molecule is CCCC[P+](CCC)(CCCC)CCCC.Cl.Cl.Cl.Cl.Cl.Cl.Cl. The van der Waals surface area contributed by atoms with Gasteiger partial charge in [0.05, 0.1) is 24.6 Å². The zero-order valence-corrected chi connectivity index (χ0v) is 21.7. The summed E-state index contributed by atoms with van der Waals surface area (Å²) < 4.78 is 0. The number of hydrogen-bond donors (Lipinski definition) is 0. The largest absolute Gasteiger partial charge is 0.147 e. The van der Waals surface area contributed by atoms with Gasteiger partial charge >= 0.3 is 0 Å². The van der Waals surface area contributed by atoms with Gasteiger partial charge in [-0.1, -0.05) is 47.0 Å². The average Bonchev–Trinajstić information content (AvgIpc) is 2.31. The van der Waals surface area contributed by atoms with Gasteiger partial charge in [0, 0.05) is 7.26 Å². The lowest BCUT2D eigenvalue weighted by Crippen LogP contribution is -2.12. The Hall–Kier alpha value is 2.46. The zero-order chi connectivity index (χ0) is 12.3. The Labute approximate surface area is 190 Å². The van der Waals surface area contributed by atoms with Gasteiger partial charge in [-0.15, -0.1) is 86.8 Å². The van der Waals surface area contributed by atoms with E-state index in [1.54, 1.807) is 24.6 Å². The molecule has 0 nitrogen and oxygen atoms in total. The summed E-state index contributed by atoms with van der Waals surface area (Å²) in [4.78, 5) is 0. The van der Waals surface area contributed by atoms with Gasteiger partial charge in [-0.05, 0) is 25.7 Å². The molecule has 0 aromatic carbocycles. The van der Waals surface area contributed by atoms with Crippen LogP contribution in [0.15, 0.2) is 0 Å². The summed E-state index contributed by atoms with van der Waals surface area (Å²) in [6.07, 6.45) is 16.4. The van der Waals surface area contributed by atoms with E-state index in [0.717, 1.165) is 0 Å². The van der Waals surface area contributed by atoms with Crippen LogP contribution in [0.5, 0.6) is 0 Å². The molecule has 0 atom stereocenters. The third kappa shape index (κ3) is 26.8. The van der Waals surface area contributed by atoms with Crippen molar-refractivity contribution in [3.05, 3.63) is 0 Å². The van der Waals surface area contributed by atoms with Crippen LogP contribution < -0.4 is 0 Å². The molecule has 0 unspecified atom stereocenters. The van der Waals surface area contributed by atoms with E-state index in [4.69, 9.17) is 0 Å². The van der Waals surface area contributed by atoms with E-state index in [9.17, 15) is 0 Å². The van der Waals surface area contributed by atoms with Gasteiger partial charge in [-0.2, -0.15) is 0 Å². The average molecular weight is 501 g/mol. The highest BCUT2D eigenvalue weighted by atomic mass is 35.5. The molecule has 0 saturated carbocycles. The molecule has 0 saturated heterocycles. The fourth-order valence-electron chi connectivity index (χ4n) is 2.63. The van der Waals surface area contributed by atoms with Crippen molar-refractivity contribution < 1.29 is 0 Å². The van der Waals surface area contributed by atoms with Crippen molar-refractivity contribution in [2.24, 2.45) is 0 Å². The van der Waals surface area contributed by atoms with Crippen molar-refractivity contribution in [2.75, 3.05) is 24.6 Å². The van der Waals surface area contributed by atoms with Crippen molar-refractivity contribution in [3.8, 4) is 0 Å². The van der Waals surface area contributed by atoms with E-state index in [2.05, 4.69) is 27.7 Å². The second kappa shape index (κ2) is 35.5. The molecule has 0 aliphatic heterocycles. The van der Waals surface area contributed by atoms with Gasteiger partial charge in [0.15, 0.2) is 0 Å². The number of rotatable bonds is 11. The first-order valence-electron chi connectivity index (χ1n) is 7.59. The molecular weight excluding hydrogens is 459 g/mol. The molecule has 0 amide bonds. The second-order valence-electron chi connectivity index (χ2n) is 5.30. The standard InChI is InChI=1S/C15H34P.7ClH/c1-5-9-13-16(12-8-4,14-10-6-2)15-11-7-3;;;;;;;/h5-15H2,1-4H3;7*1H/q+1;;;;;;;. The first-order chi connectivity index (χ1) is 7.74. The smallest absolute Gasteiger partial charge is 0.0594 e. The van der Waals surface area contributed by atoms with Crippen LogP contribution in [0.3, 0.4) is 0 Å². The van der Waals surface area contributed by atoms with E-state index in [-0.39, 0.29) is 86.8 Å². The highest BCUT2D eigenvalue weighted by Gasteiger charge is 2.33. The second-order valence-corrected chi connectivity index (χ2v) is 9.77. The lowest BCUT2D eigenvalue weighted by atomic mass is 10.4. The molecule has 0 N–H and O–H groups in total. The quantitative estimate of drug-likeness (QED) is 0.249. The van der Waals surface area contributed by atoms with Crippen LogP contribution in [0.25, 0.3) is 0 Å². The predicted octanol–water partition coefficient (Wildman–Crippen LogP) is 8.77. The lowest BCUT2D eigenvalue weighted by molar-refractivity contribution is 0.828. The Morgan fingerprint density at radius 2 is 0.652 bits per heavy atom. The minimum Gasteiger partial charge on any atom is -0.147 e. The first kappa shape index (κ1) is 50.0. The van der Waals surface area contributed by atoms with Gasteiger partial charge < -0.3 is 0 Å². The first-order valence-corrected chi connectivity index (χ1v) is 10.1. The highest BCUT2D eigenvalue weighted by Crippen LogP contribution is 2.61. The molecule has 0 aliphatic rings. The molecule has 8 heteroatoms. The maximum Gasteiger partial charge on any atom is 0.0594 e. The molecular formula is C15H41Cl7P+. The number of halogens is 7. The molecule has 0 radical (unpaired) electrons. The van der Waals surface area contributed by atoms with Gasteiger partial charge in [0.25, 0.3) is 0 Å². The third-order valence-electron chi connectivity index (χ3n) is 3.66. The molecule has 0 aromatic heterocycles. The fourth-order valence-corrected chi connectivity index (χ4v) is 7.88. The summed E-state index contributed by atoms with van der Waals surface area (Å²) in [5, 5.41) is 0. The Morgan fingerprint density at radius 3 is 0.826 bits per heavy atom. The fraction of sp³-hybridized carbons (Fsp3) is 1.00. The molecule has 0 fully saturated rings. The normalized spacial score (nSPS) is 8.35. The van der Waals surface area contributed by atoms with Crippen LogP contribution in [-0.2, 0) is 0 Å². The summed E-state index contributed by atoms with van der Waals surface area (Å²) in [6.45, 7) is 9.43. The van der Waals surface area contributed by atoms with Crippen molar-refractivity contribution in [2.45, 2.75) is 72.6 Å². The zero-order valence-electron chi connectivity index (χ0n) is 15.1. The van der Waals surface area contributed by atoms with E-state index in [1.165, 1.54) is 44.9 Å². The lowest BCUT2D eigenvalue weighted by Gasteiger charge is -2.27. The molecule has 154 valence electrons. The van der Waals surface area contributed by atoms with Crippen molar-refractivity contribution >= 4 is 94.1 Å². The molecule has 23 heavy (non-hydrogen) atoms. The molecule has 0 aromatic rings. The van der Waals surface area contributed by atoms with Gasteiger partial charge in [-0.25, -0.2) is 0 Å².